The Morgan fingerprint density at radius 3 is 2.24 bits per heavy atom. The zero-order valence-electron chi connectivity index (χ0n) is 21.3. The summed E-state index contributed by atoms with van der Waals surface area (Å²) in [6.45, 7) is 2.29. The summed E-state index contributed by atoms with van der Waals surface area (Å²) in [4.78, 5) is 13.0. The molecule has 0 spiro atoms. The summed E-state index contributed by atoms with van der Waals surface area (Å²) in [5.74, 6) is 1.03. The minimum Gasteiger partial charge on any atom is -0.497 e. The van der Waals surface area contributed by atoms with Gasteiger partial charge in [-0.15, -0.1) is 0 Å². The third kappa shape index (κ3) is 5.82. The molecule has 1 atom stereocenters. The van der Waals surface area contributed by atoms with Crippen molar-refractivity contribution < 1.29 is 9.53 Å². The molecule has 4 rings (SSSR count). The fourth-order valence-corrected chi connectivity index (χ4v) is 6.20. The molecule has 1 fully saturated rings. The first-order valence-corrected chi connectivity index (χ1v) is 13.6. The van der Waals surface area contributed by atoms with Crippen molar-refractivity contribution in [3.63, 3.8) is 0 Å². The van der Waals surface area contributed by atoms with Gasteiger partial charge in [-0.2, -0.15) is 0 Å². The van der Waals surface area contributed by atoms with Crippen LogP contribution in [0, 0.1) is 0 Å². The van der Waals surface area contributed by atoms with E-state index in [0.717, 1.165) is 24.2 Å². The van der Waals surface area contributed by atoms with Crippen LogP contribution >= 0.6 is 0 Å². The standard InChI is InChI=1S/C32H42O2/c1-3-4-5-6-8-21-32(22-9-7-10-23-32)28-16-11-25(12-17-28)27-15-20-30(31(33)24-27)26-13-18-29(34-2)19-14-26/h11-14,16-19,24,30H,3-10,15,20-23H2,1-2H3. The van der Waals surface area contributed by atoms with Crippen LogP contribution in [-0.4, -0.2) is 12.9 Å². The van der Waals surface area contributed by atoms with Crippen LogP contribution in [0.2, 0.25) is 0 Å². The minimum absolute atomic E-state index is 0.0351. The van der Waals surface area contributed by atoms with E-state index in [1.54, 1.807) is 7.11 Å². The Morgan fingerprint density at radius 2 is 1.59 bits per heavy atom. The number of rotatable bonds is 10. The van der Waals surface area contributed by atoms with Crippen molar-refractivity contribution >= 4 is 11.4 Å². The second-order valence-corrected chi connectivity index (χ2v) is 10.5. The van der Waals surface area contributed by atoms with Crippen molar-refractivity contribution in [1.82, 2.24) is 0 Å². The first kappa shape index (κ1) is 24.8. The van der Waals surface area contributed by atoms with Crippen LogP contribution in [-0.2, 0) is 10.2 Å². The predicted octanol–water partition coefficient (Wildman–Crippen LogP) is 8.79. The summed E-state index contributed by atoms with van der Waals surface area (Å²) in [5, 5.41) is 0. The number of methoxy groups -OCH3 is 1. The molecule has 0 N–H and O–H groups in total. The highest BCUT2D eigenvalue weighted by molar-refractivity contribution is 6.02. The number of ketones is 1. The van der Waals surface area contributed by atoms with E-state index in [-0.39, 0.29) is 11.7 Å². The molecule has 2 aliphatic carbocycles. The maximum Gasteiger partial charge on any atom is 0.163 e. The van der Waals surface area contributed by atoms with Crippen molar-refractivity contribution in [2.45, 2.75) is 102 Å². The van der Waals surface area contributed by atoms with Crippen LogP contribution < -0.4 is 4.74 Å². The Hall–Kier alpha value is -2.35. The van der Waals surface area contributed by atoms with Crippen LogP contribution in [0.5, 0.6) is 5.75 Å². The van der Waals surface area contributed by atoms with Gasteiger partial charge in [-0.25, -0.2) is 0 Å². The lowest BCUT2D eigenvalue weighted by Gasteiger charge is -2.38. The first-order chi connectivity index (χ1) is 16.6. The van der Waals surface area contributed by atoms with Gasteiger partial charge in [-0.1, -0.05) is 94.7 Å². The highest BCUT2D eigenvalue weighted by Crippen LogP contribution is 2.44. The number of allylic oxidation sites excluding steroid dienone is 2. The Morgan fingerprint density at radius 1 is 0.882 bits per heavy atom. The lowest BCUT2D eigenvalue weighted by atomic mass is 9.66. The zero-order chi connectivity index (χ0) is 23.8. The molecule has 0 aromatic heterocycles. The monoisotopic (exact) mass is 458 g/mol. The Labute approximate surface area is 206 Å². The van der Waals surface area contributed by atoms with Crippen molar-refractivity contribution in [2.24, 2.45) is 0 Å². The SMILES string of the molecule is CCCCCCCC1(c2ccc(C3=CC(=O)C(c4ccc(OC)cc4)CC3)cc2)CCCCC1. The molecular formula is C32H42O2. The van der Waals surface area contributed by atoms with E-state index in [1.807, 2.05) is 30.3 Å². The summed E-state index contributed by atoms with van der Waals surface area (Å²) >= 11 is 0. The van der Waals surface area contributed by atoms with E-state index in [9.17, 15) is 4.79 Å². The predicted molar refractivity (Wildman–Crippen MR) is 143 cm³/mol. The number of hydrogen-bond acceptors (Lipinski definition) is 2. The van der Waals surface area contributed by atoms with Crippen LogP contribution in [0.4, 0.5) is 0 Å². The maximum absolute atomic E-state index is 13.0. The molecule has 0 aliphatic heterocycles. The van der Waals surface area contributed by atoms with E-state index in [4.69, 9.17) is 4.74 Å². The maximum atomic E-state index is 13.0. The van der Waals surface area contributed by atoms with Crippen LogP contribution in [0.1, 0.15) is 113 Å². The molecular weight excluding hydrogens is 416 g/mol. The Bertz CT molecular complexity index is 946. The molecule has 2 aliphatic rings. The average molecular weight is 459 g/mol. The van der Waals surface area contributed by atoms with E-state index < -0.39 is 0 Å². The second-order valence-electron chi connectivity index (χ2n) is 10.5. The van der Waals surface area contributed by atoms with Crippen molar-refractivity contribution in [2.75, 3.05) is 7.11 Å². The van der Waals surface area contributed by atoms with Crippen LogP contribution in [0.3, 0.4) is 0 Å². The molecule has 0 amide bonds. The molecule has 0 saturated heterocycles. The van der Waals surface area contributed by atoms with Gasteiger partial charge in [-0.05, 0) is 78.0 Å². The summed E-state index contributed by atoms with van der Waals surface area (Å²) in [7, 11) is 1.67. The molecule has 2 aromatic rings. The minimum atomic E-state index is -0.0351. The van der Waals surface area contributed by atoms with E-state index in [0.29, 0.717) is 5.41 Å². The summed E-state index contributed by atoms with van der Waals surface area (Å²) < 4.78 is 5.26. The molecule has 1 unspecified atom stereocenters. The molecule has 0 bridgehead atoms. The van der Waals surface area contributed by atoms with Crippen LogP contribution in [0.25, 0.3) is 5.57 Å². The number of carbonyl (C=O) groups is 1. The van der Waals surface area contributed by atoms with Gasteiger partial charge < -0.3 is 4.74 Å². The molecule has 2 nitrogen and oxygen atoms in total. The third-order valence-corrected chi connectivity index (χ3v) is 8.32. The summed E-state index contributed by atoms with van der Waals surface area (Å²) in [6.07, 6.45) is 18.6. The number of hydrogen-bond donors (Lipinski definition) is 0. The first-order valence-electron chi connectivity index (χ1n) is 13.6. The normalized spacial score (nSPS) is 20.1. The lowest BCUT2D eigenvalue weighted by Crippen LogP contribution is -2.29. The smallest absolute Gasteiger partial charge is 0.163 e. The highest BCUT2D eigenvalue weighted by atomic mass is 16.5. The molecule has 0 radical (unpaired) electrons. The number of carbonyl (C=O) groups excluding carboxylic acids is 1. The Kier molecular flexibility index (Phi) is 8.64. The molecule has 34 heavy (non-hydrogen) atoms. The fourth-order valence-electron chi connectivity index (χ4n) is 6.20. The Balaban J connectivity index is 1.45. The fraction of sp³-hybridized carbons (Fsp3) is 0.531. The van der Waals surface area contributed by atoms with Crippen molar-refractivity contribution in [3.8, 4) is 5.75 Å². The summed E-state index contributed by atoms with van der Waals surface area (Å²) in [6, 6.07) is 17.3. The molecule has 1 saturated carbocycles. The van der Waals surface area contributed by atoms with Crippen molar-refractivity contribution in [1.29, 1.82) is 0 Å². The molecule has 182 valence electrons. The van der Waals surface area contributed by atoms with Gasteiger partial charge in [0.1, 0.15) is 5.75 Å². The molecule has 0 heterocycles. The van der Waals surface area contributed by atoms with E-state index >= 15 is 0 Å². The quantitative estimate of drug-likeness (QED) is 0.333. The van der Waals surface area contributed by atoms with Gasteiger partial charge >= 0.3 is 0 Å². The van der Waals surface area contributed by atoms with Crippen molar-refractivity contribution in [3.05, 3.63) is 71.3 Å². The lowest BCUT2D eigenvalue weighted by molar-refractivity contribution is -0.116. The molecule has 2 heteroatoms. The topological polar surface area (TPSA) is 26.3 Å². The largest absolute Gasteiger partial charge is 0.497 e. The third-order valence-electron chi connectivity index (χ3n) is 8.32. The zero-order valence-corrected chi connectivity index (χ0v) is 21.3. The van der Waals surface area contributed by atoms with Crippen LogP contribution in [0.15, 0.2) is 54.6 Å². The van der Waals surface area contributed by atoms with E-state index in [1.165, 1.54) is 87.3 Å². The van der Waals surface area contributed by atoms with Gasteiger partial charge in [0.2, 0.25) is 0 Å². The molecule has 2 aromatic carbocycles. The highest BCUT2D eigenvalue weighted by Gasteiger charge is 2.33. The number of unbranched alkanes of at least 4 members (excludes halogenated alkanes) is 4. The van der Waals surface area contributed by atoms with Gasteiger partial charge in [0.15, 0.2) is 5.78 Å². The van der Waals surface area contributed by atoms with Gasteiger partial charge in [0.05, 0.1) is 7.11 Å². The number of ether oxygens (including phenoxy) is 1. The number of benzene rings is 2. The van der Waals surface area contributed by atoms with E-state index in [2.05, 4.69) is 31.2 Å². The average Bonchev–Trinajstić information content (AvgIpc) is 2.89. The summed E-state index contributed by atoms with van der Waals surface area (Å²) in [5.41, 5.74) is 5.41. The second kappa shape index (κ2) is 11.9. The van der Waals surface area contributed by atoms with Gasteiger partial charge in [0, 0.05) is 5.92 Å². The van der Waals surface area contributed by atoms with Gasteiger partial charge in [-0.3, -0.25) is 4.79 Å². The van der Waals surface area contributed by atoms with Gasteiger partial charge in [0.25, 0.3) is 0 Å².